The van der Waals surface area contributed by atoms with Gasteiger partial charge in [0.1, 0.15) is 12.4 Å². The van der Waals surface area contributed by atoms with Gasteiger partial charge in [-0.1, -0.05) is 29.8 Å². The number of aryl methyl sites for hydroxylation is 2. The van der Waals surface area contributed by atoms with Gasteiger partial charge in [-0.2, -0.15) is 0 Å². The minimum absolute atomic E-state index is 0.0765. The summed E-state index contributed by atoms with van der Waals surface area (Å²) in [4.78, 5) is 18.3. The van der Waals surface area contributed by atoms with Crippen LogP contribution in [0.2, 0.25) is 0 Å². The summed E-state index contributed by atoms with van der Waals surface area (Å²) < 4.78 is 19.5. The van der Waals surface area contributed by atoms with Crippen molar-refractivity contribution in [1.82, 2.24) is 4.90 Å². The van der Waals surface area contributed by atoms with Crippen LogP contribution in [0.5, 0.6) is 0 Å². The maximum absolute atomic E-state index is 14.3. The number of carbonyl (C=O) groups is 1. The van der Waals surface area contributed by atoms with E-state index in [-0.39, 0.29) is 12.2 Å². The Balaban J connectivity index is 2.10. The van der Waals surface area contributed by atoms with E-state index in [0.29, 0.717) is 11.3 Å². The number of hydrogen-bond acceptors (Lipinski definition) is 3. The van der Waals surface area contributed by atoms with Gasteiger partial charge in [0.2, 0.25) is 0 Å². The molecule has 0 fully saturated rings. The average Bonchev–Trinajstić information content (AvgIpc) is 2.61. The lowest BCUT2D eigenvalue weighted by molar-refractivity contribution is 0.0467. The minimum Gasteiger partial charge on any atom is -0.457 e. The van der Waals surface area contributed by atoms with Gasteiger partial charge in [-0.15, -0.1) is 0 Å². The molecule has 0 aromatic heterocycles. The number of hydrogen-bond donors (Lipinski definition) is 0. The van der Waals surface area contributed by atoms with E-state index in [2.05, 4.69) is 4.99 Å². The van der Waals surface area contributed by atoms with Crippen LogP contribution in [0.1, 0.15) is 34.0 Å². The van der Waals surface area contributed by atoms with Crippen molar-refractivity contribution in [2.75, 3.05) is 13.6 Å². The van der Waals surface area contributed by atoms with Gasteiger partial charge in [0, 0.05) is 19.7 Å². The molecular formula is C20H23FN2O2. The molecule has 132 valence electrons. The first-order valence-electron chi connectivity index (χ1n) is 8.18. The lowest BCUT2D eigenvalue weighted by Gasteiger charge is -2.10. The zero-order valence-electron chi connectivity index (χ0n) is 15.0. The Morgan fingerprint density at radius 1 is 1.24 bits per heavy atom. The average molecular weight is 342 g/mol. The second-order valence-corrected chi connectivity index (χ2v) is 6.00. The van der Waals surface area contributed by atoms with Crippen LogP contribution >= 0.6 is 0 Å². The van der Waals surface area contributed by atoms with Gasteiger partial charge in [0.25, 0.3) is 0 Å². The van der Waals surface area contributed by atoms with Gasteiger partial charge < -0.3 is 9.64 Å². The molecule has 2 aromatic carbocycles. The van der Waals surface area contributed by atoms with E-state index in [9.17, 15) is 9.18 Å². The summed E-state index contributed by atoms with van der Waals surface area (Å²) in [7, 11) is 1.88. The highest BCUT2D eigenvalue weighted by Gasteiger charge is 2.16. The number of halogens is 1. The number of nitrogens with zero attached hydrogens (tertiary/aromatic N) is 2. The summed E-state index contributed by atoms with van der Waals surface area (Å²) in [6.45, 7) is 6.67. The van der Waals surface area contributed by atoms with Crippen molar-refractivity contribution in [3.8, 4) is 0 Å². The fraction of sp³-hybridized carbons (Fsp3) is 0.300. The molecule has 0 saturated heterocycles. The third kappa shape index (κ3) is 5.14. The molecule has 0 aliphatic carbocycles. The SMILES string of the molecule is CCN(C)/C=N/c1cc(F)c(C(=O)OCc2ccc(C)cc2)cc1C. The van der Waals surface area contributed by atoms with Crippen LogP contribution in [0.4, 0.5) is 10.1 Å². The Hall–Kier alpha value is -2.69. The molecule has 25 heavy (non-hydrogen) atoms. The molecular weight excluding hydrogens is 319 g/mol. The van der Waals surface area contributed by atoms with Crippen molar-refractivity contribution < 1.29 is 13.9 Å². The van der Waals surface area contributed by atoms with Crippen molar-refractivity contribution in [1.29, 1.82) is 0 Å². The molecule has 0 radical (unpaired) electrons. The number of rotatable bonds is 6. The Morgan fingerprint density at radius 3 is 2.56 bits per heavy atom. The van der Waals surface area contributed by atoms with Gasteiger partial charge in [-0.3, -0.25) is 0 Å². The van der Waals surface area contributed by atoms with Crippen LogP contribution in [-0.4, -0.2) is 30.8 Å². The van der Waals surface area contributed by atoms with Gasteiger partial charge in [-0.25, -0.2) is 14.2 Å². The highest BCUT2D eigenvalue weighted by atomic mass is 19.1. The molecule has 4 nitrogen and oxygen atoms in total. The number of benzene rings is 2. The summed E-state index contributed by atoms with van der Waals surface area (Å²) >= 11 is 0. The van der Waals surface area contributed by atoms with Crippen molar-refractivity contribution in [2.24, 2.45) is 4.99 Å². The summed E-state index contributed by atoms with van der Waals surface area (Å²) in [5.74, 6) is -1.31. The van der Waals surface area contributed by atoms with Crippen LogP contribution in [-0.2, 0) is 11.3 Å². The molecule has 0 spiro atoms. The van der Waals surface area contributed by atoms with Crippen molar-refractivity contribution in [3.63, 3.8) is 0 Å². The van der Waals surface area contributed by atoms with E-state index < -0.39 is 11.8 Å². The molecule has 0 heterocycles. The van der Waals surface area contributed by atoms with E-state index in [1.165, 1.54) is 12.1 Å². The zero-order valence-corrected chi connectivity index (χ0v) is 15.0. The monoisotopic (exact) mass is 342 g/mol. The third-order valence-corrected chi connectivity index (χ3v) is 3.89. The smallest absolute Gasteiger partial charge is 0.341 e. The second-order valence-electron chi connectivity index (χ2n) is 6.00. The van der Waals surface area contributed by atoms with Gasteiger partial charge in [0.05, 0.1) is 17.6 Å². The molecule has 0 unspecified atom stereocenters. The maximum Gasteiger partial charge on any atom is 0.341 e. The largest absolute Gasteiger partial charge is 0.457 e. The van der Waals surface area contributed by atoms with E-state index in [4.69, 9.17) is 4.74 Å². The number of aliphatic imine (C=N–C) groups is 1. The standard InChI is InChI=1S/C20H23FN2O2/c1-5-23(4)13-22-19-11-18(21)17(10-15(19)3)20(24)25-12-16-8-6-14(2)7-9-16/h6-11,13H,5,12H2,1-4H3/b22-13+. The van der Waals surface area contributed by atoms with Gasteiger partial charge in [-0.05, 0) is 38.0 Å². The van der Waals surface area contributed by atoms with E-state index in [0.717, 1.165) is 17.7 Å². The molecule has 0 aliphatic rings. The predicted octanol–water partition coefficient (Wildman–Crippen LogP) is 4.41. The molecule has 0 atom stereocenters. The fourth-order valence-electron chi connectivity index (χ4n) is 2.12. The highest BCUT2D eigenvalue weighted by Crippen LogP contribution is 2.23. The topological polar surface area (TPSA) is 41.9 Å². The van der Waals surface area contributed by atoms with Crippen molar-refractivity contribution >= 4 is 18.0 Å². The third-order valence-electron chi connectivity index (χ3n) is 3.89. The molecule has 0 amide bonds. The second kappa shape index (κ2) is 8.42. The minimum atomic E-state index is -0.678. The molecule has 2 rings (SSSR count). The Bertz CT molecular complexity index is 770. The maximum atomic E-state index is 14.3. The van der Waals surface area contributed by atoms with Gasteiger partial charge >= 0.3 is 5.97 Å². The molecule has 0 saturated carbocycles. The van der Waals surface area contributed by atoms with Crippen molar-refractivity contribution in [2.45, 2.75) is 27.4 Å². The van der Waals surface area contributed by atoms with E-state index in [1.54, 1.807) is 13.3 Å². The molecule has 0 bridgehead atoms. The quantitative estimate of drug-likeness (QED) is 0.443. The molecule has 2 aromatic rings. The highest BCUT2D eigenvalue weighted by molar-refractivity contribution is 5.90. The Kier molecular flexibility index (Phi) is 6.28. The predicted molar refractivity (Wildman–Crippen MR) is 97.9 cm³/mol. The molecule has 0 N–H and O–H groups in total. The lowest BCUT2D eigenvalue weighted by Crippen LogP contribution is -2.14. The zero-order chi connectivity index (χ0) is 18.4. The van der Waals surface area contributed by atoms with E-state index >= 15 is 0 Å². The first kappa shape index (κ1) is 18.6. The van der Waals surface area contributed by atoms with Gasteiger partial charge in [0.15, 0.2) is 0 Å². The van der Waals surface area contributed by atoms with Crippen LogP contribution in [0.3, 0.4) is 0 Å². The Morgan fingerprint density at radius 2 is 1.92 bits per heavy atom. The first-order chi connectivity index (χ1) is 11.9. The number of ether oxygens (including phenoxy) is 1. The molecule has 0 aliphatic heterocycles. The first-order valence-corrected chi connectivity index (χ1v) is 8.18. The molecule has 5 heteroatoms. The summed E-state index contributed by atoms with van der Waals surface area (Å²) in [5.41, 5.74) is 3.12. The van der Waals surface area contributed by atoms with Crippen molar-refractivity contribution in [3.05, 3.63) is 64.5 Å². The van der Waals surface area contributed by atoms with Crippen LogP contribution in [0.15, 0.2) is 41.4 Å². The lowest BCUT2D eigenvalue weighted by atomic mass is 10.1. The Labute approximate surface area is 148 Å². The van der Waals surface area contributed by atoms with E-state index in [1.807, 2.05) is 50.1 Å². The summed E-state index contributed by atoms with van der Waals surface area (Å²) in [6.07, 6.45) is 1.64. The number of carbonyl (C=O) groups excluding carboxylic acids is 1. The van der Waals surface area contributed by atoms with Crippen LogP contribution in [0, 0.1) is 19.7 Å². The fourth-order valence-corrected chi connectivity index (χ4v) is 2.12. The summed E-state index contributed by atoms with van der Waals surface area (Å²) in [5, 5.41) is 0. The normalized spacial score (nSPS) is 10.9. The van der Waals surface area contributed by atoms with Crippen LogP contribution < -0.4 is 0 Å². The van der Waals surface area contributed by atoms with Crippen LogP contribution in [0.25, 0.3) is 0 Å². The summed E-state index contributed by atoms with van der Waals surface area (Å²) in [6, 6.07) is 10.4. The number of esters is 1.